The van der Waals surface area contributed by atoms with E-state index in [4.69, 9.17) is 19.3 Å². The van der Waals surface area contributed by atoms with Crippen molar-refractivity contribution in [3.05, 3.63) is 76.6 Å². The monoisotopic (exact) mass is 633 g/mol. The molecule has 12 heteroatoms. The van der Waals surface area contributed by atoms with E-state index >= 15 is 0 Å². The lowest BCUT2D eigenvalue weighted by molar-refractivity contribution is -0.174. The largest absolute Gasteiger partial charge is 0.481 e. The summed E-state index contributed by atoms with van der Waals surface area (Å²) in [6.45, 7) is 4.21. The number of carboxylic acid groups (broad SMARTS) is 1. The number of carboxylic acids is 1. The predicted octanol–water partition coefficient (Wildman–Crippen LogP) is 2.95. The Bertz CT molecular complexity index is 1430. The predicted molar refractivity (Wildman–Crippen MR) is 161 cm³/mol. The van der Waals surface area contributed by atoms with Gasteiger partial charge in [-0.1, -0.05) is 49.9 Å². The van der Waals surface area contributed by atoms with Crippen LogP contribution in [0.25, 0.3) is 0 Å². The summed E-state index contributed by atoms with van der Waals surface area (Å²) >= 11 is 0. The first-order valence-corrected chi connectivity index (χ1v) is 13.8. The second-order valence-corrected chi connectivity index (χ2v) is 11.3. The van der Waals surface area contributed by atoms with Crippen LogP contribution in [0.5, 0.6) is 5.75 Å². The molecule has 1 fully saturated rings. The van der Waals surface area contributed by atoms with Gasteiger partial charge < -0.3 is 39.5 Å². The van der Waals surface area contributed by atoms with Gasteiger partial charge in [-0.15, -0.1) is 12.4 Å². The van der Waals surface area contributed by atoms with Crippen LogP contribution in [0.1, 0.15) is 62.0 Å². The van der Waals surface area contributed by atoms with E-state index in [1.54, 1.807) is 42.5 Å². The van der Waals surface area contributed by atoms with Crippen molar-refractivity contribution >= 4 is 30.3 Å². The Morgan fingerprint density at radius 2 is 1.84 bits per heavy atom. The molecule has 2 aromatic rings. The third kappa shape index (κ3) is 5.59. The van der Waals surface area contributed by atoms with Crippen LogP contribution in [0.15, 0.2) is 54.3 Å². The molecule has 44 heavy (non-hydrogen) atoms. The van der Waals surface area contributed by atoms with Crippen LogP contribution >= 0.6 is 12.4 Å². The van der Waals surface area contributed by atoms with E-state index in [-0.39, 0.29) is 50.2 Å². The number of benzene rings is 2. The van der Waals surface area contributed by atoms with Crippen molar-refractivity contribution < 1.29 is 49.0 Å². The van der Waals surface area contributed by atoms with Gasteiger partial charge in [0.1, 0.15) is 11.5 Å². The number of aliphatic carboxylic acids is 1. The zero-order chi connectivity index (χ0) is 30.4. The third-order valence-electron chi connectivity index (χ3n) is 9.03. The van der Waals surface area contributed by atoms with Crippen molar-refractivity contribution in [2.75, 3.05) is 13.6 Å². The number of likely N-dealkylation sites (tertiary alicyclic amines) is 1. The summed E-state index contributed by atoms with van der Waals surface area (Å²) in [6.07, 6.45) is -3.09. The number of aliphatic hydroxyl groups is 3. The Morgan fingerprint density at radius 1 is 1.16 bits per heavy atom. The standard InChI is InChI=1S/C31H35NO10.CH4.ClH/c1-17-9-10-20(16-33)25-24(17)30-13-14-32(3)18(2)31(30,39)12-11-22(27(30)42-25)40-29(38)26(19-7-5-4-6-8-19)41-23(35)15-21(34)28(36)37;;/h4-11,18,21,26-27,33-34,39H,12-16H2,1-3H3,(H,36,37);1H4;1H/t18-,21+,26+,27+,30+,31-;;/m1../s1. The number of piperidine rings is 1. The first-order chi connectivity index (χ1) is 19.9. The molecule has 240 valence electrons. The van der Waals surface area contributed by atoms with Gasteiger partial charge in [-0.25, -0.2) is 9.59 Å². The van der Waals surface area contributed by atoms with Crippen LogP contribution < -0.4 is 4.74 Å². The number of hydrogen-bond donors (Lipinski definition) is 4. The first kappa shape index (κ1) is 35.0. The van der Waals surface area contributed by atoms with E-state index in [1.807, 2.05) is 27.0 Å². The number of halogens is 1. The Labute approximate surface area is 262 Å². The van der Waals surface area contributed by atoms with Crippen molar-refractivity contribution in [1.82, 2.24) is 4.90 Å². The molecule has 11 nitrogen and oxygen atoms in total. The van der Waals surface area contributed by atoms with Crippen LogP contribution in [0, 0.1) is 6.92 Å². The molecule has 5 rings (SSSR count). The van der Waals surface area contributed by atoms with Crippen LogP contribution in [0.4, 0.5) is 0 Å². The summed E-state index contributed by atoms with van der Waals surface area (Å²) < 4.78 is 17.8. The maximum atomic E-state index is 13.7. The average Bonchev–Trinajstić information content (AvgIpc) is 3.33. The highest BCUT2D eigenvalue weighted by Gasteiger charge is 2.69. The molecule has 4 N–H and O–H groups in total. The summed E-state index contributed by atoms with van der Waals surface area (Å²) in [5, 5.41) is 41.1. The Balaban J connectivity index is 0.00000264. The number of nitrogens with zero attached hydrogens (tertiary/aromatic N) is 1. The number of aliphatic hydroxyl groups excluding tert-OH is 2. The van der Waals surface area contributed by atoms with Gasteiger partial charge in [0.15, 0.2) is 12.2 Å². The molecule has 2 aliphatic heterocycles. The topological polar surface area (TPSA) is 163 Å². The zero-order valence-corrected chi connectivity index (χ0v) is 24.9. The minimum atomic E-state index is -2.00. The smallest absolute Gasteiger partial charge is 0.357 e. The molecule has 1 spiro atoms. The fourth-order valence-electron chi connectivity index (χ4n) is 6.67. The summed E-state index contributed by atoms with van der Waals surface area (Å²) in [4.78, 5) is 39.3. The van der Waals surface area contributed by atoms with Crippen molar-refractivity contribution in [3.8, 4) is 5.75 Å². The normalized spacial score (nSPS) is 26.5. The van der Waals surface area contributed by atoms with Gasteiger partial charge in [0, 0.05) is 29.2 Å². The highest BCUT2D eigenvalue weighted by atomic mass is 35.5. The number of carbonyl (C=O) groups is 3. The summed E-state index contributed by atoms with van der Waals surface area (Å²) in [5.74, 6) is -3.06. The van der Waals surface area contributed by atoms with Crippen LogP contribution in [-0.4, -0.2) is 80.7 Å². The molecular formula is C32H40ClNO10. The van der Waals surface area contributed by atoms with Crippen molar-refractivity contribution in [2.45, 2.75) is 82.5 Å². The van der Waals surface area contributed by atoms with Gasteiger partial charge in [-0.05, 0) is 45.5 Å². The van der Waals surface area contributed by atoms with Crippen LogP contribution in [-0.2, 0) is 35.9 Å². The molecule has 0 saturated carbocycles. The second-order valence-electron chi connectivity index (χ2n) is 11.3. The van der Waals surface area contributed by atoms with E-state index in [0.717, 1.165) is 11.1 Å². The molecule has 2 aromatic carbocycles. The molecule has 1 saturated heterocycles. The fraction of sp³-hybridized carbons (Fsp3) is 0.469. The van der Waals surface area contributed by atoms with Crippen LogP contribution in [0.2, 0.25) is 0 Å². The number of fused-ring (bicyclic) bond motifs is 1. The number of aryl methyl sites for hydroxylation is 1. The van der Waals surface area contributed by atoms with Crippen LogP contribution in [0.3, 0.4) is 0 Å². The lowest BCUT2D eigenvalue weighted by Crippen LogP contribution is -2.71. The van der Waals surface area contributed by atoms with E-state index in [9.17, 15) is 29.7 Å². The summed E-state index contributed by atoms with van der Waals surface area (Å²) in [5.41, 5.74) is 0.177. The first-order valence-electron chi connectivity index (χ1n) is 13.8. The van der Waals surface area contributed by atoms with Crippen molar-refractivity contribution in [2.24, 2.45) is 0 Å². The van der Waals surface area contributed by atoms with Gasteiger partial charge in [-0.3, -0.25) is 4.79 Å². The van der Waals surface area contributed by atoms with E-state index in [0.29, 0.717) is 24.3 Å². The summed E-state index contributed by atoms with van der Waals surface area (Å²) in [7, 11) is 1.94. The average molecular weight is 634 g/mol. The Hall–Kier alpha value is -3.48. The highest BCUT2D eigenvalue weighted by Crippen LogP contribution is 2.61. The highest BCUT2D eigenvalue weighted by molar-refractivity contribution is 5.85. The Kier molecular flexibility index (Phi) is 10.5. The maximum Gasteiger partial charge on any atom is 0.357 e. The molecule has 0 bridgehead atoms. The van der Waals surface area contributed by atoms with Gasteiger partial charge in [-0.2, -0.15) is 0 Å². The second kappa shape index (κ2) is 13.3. The van der Waals surface area contributed by atoms with Crippen molar-refractivity contribution in [1.29, 1.82) is 0 Å². The molecule has 0 unspecified atom stereocenters. The number of carbonyl (C=O) groups excluding carboxylic acids is 2. The van der Waals surface area contributed by atoms with Gasteiger partial charge in [0.2, 0.25) is 6.10 Å². The lowest BCUT2D eigenvalue weighted by Gasteiger charge is -2.58. The lowest BCUT2D eigenvalue weighted by atomic mass is 9.54. The SMILES string of the molecule is C.Cc1ccc(CO)c2c1[C@]13CCN(C)[C@H](C)[C@]1(O)CC=C(OC(=O)[C@@H](OC(=O)C[C@H](O)C(=O)O)c1ccccc1)[C@@H]3O2.Cl. The molecule has 1 aliphatic carbocycles. The fourth-order valence-corrected chi connectivity index (χ4v) is 6.67. The van der Waals surface area contributed by atoms with Crippen molar-refractivity contribution in [3.63, 3.8) is 0 Å². The number of rotatable bonds is 8. The molecule has 0 amide bonds. The van der Waals surface area contributed by atoms with E-state index in [1.165, 1.54) is 0 Å². The molecule has 0 aromatic heterocycles. The maximum absolute atomic E-state index is 13.7. The number of likely N-dealkylation sites (N-methyl/N-ethyl adjacent to an activating group) is 1. The molecule has 6 atom stereocenters. The van der Waals surface area contributed by atoms with Gasteiger partial charge in [0.25, 0.3) is 0 Å². The van der Waals surface area contributed by atoms with Gasteiger partial charge >= 0.3 is 17.9 Å². The minimum absolute atomic E-state index is 0. The molecule has 2 heterocycles. The van der Waals surface area contributed by atoms with E-state index in [2.05, 4.69) is 4.90 Å². The number of esters is 2. The van der Waals surface area contributed by atoms with Gasteiger partial charge in [0.05, 0.1) is 24.0 Å². The minimum Gasteiger partial charge on any atom is -0.481 e. The quantitative estimate of drug-likeness (QED) is 0.316. The molecular weight excluding hydrogens is 594 g/mol. The third-order valence-corrected chi connectivity index (χ3v) is 9.03. The number of hydrogen-bond acceptors (Lipinski definition) is 10. The number of ether oxygens (including phenoxy) is 3. The molecule has 3 aliphatic rings. The van der Waals surface area contributed by atoms with E-state index < -0.39 is 53.7 Å². The summed E-state index contributed by atoms with van der Waals surface area (Å²) in [6, 6.07) is 11.5. The zero-order valence-electron chi connectivity index (χ0n) is 24.1. The molecule has 0 radical (unpaired) electrons. The Morgan fingerprint density at radius 3 is 2.48 bits per heavy atom.